The van der Waals surface area contributed by atoms with Crippen LogP contribution in [0.4, 0.5) is 0 Å². The van der Waals surface area contributed by atoms with Crippen molar-refractivity contribution in [3.05, 3.63) is 34.8 Å². The van der Waals surface area contributed by atoms with Gasteiger partial charge in [0.15, 0.2) is 5.65 Å². The fourth-order valence-electron chi connectivity index (χ4n) is 3.02. The summed E-state index contributed by atoms with van der Waals surface area (Å²) in [4.78, 5) is 30.8. The molecule has 0 saturated carbocycles. The lowest BCUT2D eigenvalue weighted by Crippen LogP contribution is -2.45. The number of carbonyl (C=O) groups is 2. The number of esters is 1. The molecule has 0 aliphatic heterocycles. The zero-order valence-electron chi connectivity index (χ0n) is 15.9. The Hall–Kier alpha value is -2.74. The number of rotatable bonds is 5. The Kier molecular flexibility index (Phi) is 5.27. The zero-order valence-corrected chi connectivity index (χ0v) is 16.8. The molecule has 1 atom stereocenters. The molecule has 0 aliphatic carbocycles. The molecule has 3 heterocycles. The lowest BCUT2D eigenvalue weighted by molar-refractivity contribution is -0.144. The first-order valence-corrected chi connectivity index (χ1v) is 9.48. The van der Waals surface area contributed by atoms with Gasteiger partial charge in [-0.15, -0.1) is 11.3 Å². The summed E-state index contributed by atoms with van der Waals surface area (Å²) >= 11 is 1.55. The van der Waals surface area contributed by atoms with E-state index >= 15 is 0 Å². The summed E-state index contributed by atoms with van der Waals surface area (Å²) in [6.45, 7) is 5.55. The molecule has 0 unspecified atom stereocenters. The molecule has 0 saturated heterocycles. The molecule has 142 valence electrons. The van der Waals surface area contributed by atoms with Crippen molar-refractivity contribution in [1.29, 1.82) is 0 Å². The third kappa shape index (κ3) is 3.57. The van der Waals surface area contributed by atoms with Gasteiger partial charge in [-0.1, -0.05) is 19.9 Å². The highest BCUT2D eigenvalue weighted by Gasteiger charge is 2.27. The molecular formula is C19H22N4O3S. The third-order valence-electron chi connectivity index (χ3n) is 4.40. The summed E-state index contributed by atoms with van der Waals surface area (Å²) in [5, 5.41) is 9.86. The molecule has 0 aliphatic rings. The quantitative estimate of drug-likeness (QED) is 0.682. The SMILES string of the molecule is COC(=O)[C@@H](NC(=O)c1cc(-c2cccs2)nc2c1c(C)nn2C)C(C)C. The summed E-state index contributed by atoms with van der Waals surface area (Å²) < 4.78 is 6.49. The minimum absolute atomic E-state index is 0.106. The van der Waals surface area contributed by atoms with Crippen molar-refractivity contribution >= 4 is 34.2 Å². The summed E-state index contributed by atoms with van der Waals surface area (Å²) in [7, 11) is 3.11. The van der Waals surface area contributed by atoms with Crippen LogP contribution in [0.3, 0.4) is 0 Å². The van der Waals surface area contributed by atoms with Crippen molar-refractivity contribution in [2.45, 2.75) is 26.8 Å². The van der Waals surface area contributed by atoms with Crippen molar-refractivity contribution in [3.63, 3.8) is 0 Å². The van der Waals surface area contributed by atoms with Crippen molar-refractivity contribution in [2.24, 2.45) is 13.0 Å². The predicted octanol–water partition coefficient (Wildman–Crippen LogP) is 2.93. The van der Waals surface area contributed by atoms with Crippen LogP contribution in [0.2, 0.25) is 0 Å². The molecule has 0 bridgehead atoms. The molecule has 1 N–H and O–H groups in total. The minimum atomic E-state index is -0.729. The second-order valence-electron chi connectivity index (χ2n) is 6.66. The van der Waals surface area contributed by atoms with E-state index in [2.05, 4.69) is 15.4 Å². The molecule has 3 rings (SSSR count). The smallest absolute Gasteiger partial charge is 0.328 e. The second-order valence-corrected chi connectivity index (χ2v) is 7.61. The molecule has 0 spiro atoms. The number of aryl methyl sites for hydroxylation is 2. The van der Waals surface area contributed by atoms with Crippen LogP contribution in [0.1, 0.15) is 29.9 Å². The molecule has 1 amide bonds. The molecule has 0 aromatic carbocycles. The number of fused-ring (bicyclic) bond motifs is 1. The van der Waals surface area contributed by atoms with E-state index in [0.29, 0.717) is 28.0 Å². The van der Waals surface area contributed by atoms with Crippen LogP contribution in [0.25, 0.3) is 21.6 Å². The first-order chi connectivity index (χ1) is 12.8. The highest BCUT2D eigenvalue weighted by molar-refractivity contribution is 7.13. The Morgan fingerprint density at radius 3 is 2.67 bits per heavy atom. The number of thiophene rings is 1. The van der Waals surface area contributed by atoms with Gasteiger partial charge in [-0.2, -0.15) is 5.10 Å². The number of aromatic nitrogens is 3. The lowest BCUT2D eigenvalue weighted by Gasteiger charge is -2.20. The summed E-state index contributed by atoms with van der Waals surface area (Å²) in [5.41, 5.74) is 2.48. The van der Waals surface area contributed by atoms with Crippen molar-refractivity contribution < 1.29 is 14.3 Å². The average molecular weight is 386 g/mol. The van der Waals surface area contributed by atoms with E-state index < -0.39 is 12.0 Å². The largest absolute Gasteiger partial charge is 0.467 e. The predicted molar refractivity (Wildman–Crippen MR) is 105 cm³/mol. The van der Waals surface area contributed by atoms with Crippen LogP contribution < -0.4 is 5.32 Å². The Bertz CT molecular complexity index is 992. The van der Waals surface area contributed by atoms with Gasteiger partial charge in [-0.05, 0) is 30.4 Å². The van der Waals surface area contributed by atoms with Gasteiger partial charge in [0.2, 0.25) is 0 Å². The van der Waals surface area contributed by atoms with Gasteiger partial charge in [-0.25, -0.2) is 9.78 Å². The topological polar surface area (TPSA) is 86.1 Å². The molecular weight excluding hydrogens is 364 g/mol. The molecule has 27 heavy (non-hydrogen) atoms. The number of nitrogens with one attached hydrogen (secondary N) is 1. The number of amides is 1. The summed E-state index contributed by atoms with van der Waals surface area (Å²) in [6, 6.07) is 4.92. The van der Waals surface area contributed by atoms with E-state index in [9.17, 15) is 9.59 Å². The summed E-state index contributed by atoms with van der Waals surface area (Å²) in [6.07, 6.45) is 0. The number of ether oxygens (including phenoxy) is 1. The van der Waals surface area contributed by atoms with Crippen molar-refractivity contribution in [2.75, 3.05) is 7.11 Å². The molecule has 0 radical (unpaired) electrons. The van der Waals surface area contributed by atoms with Gasteiger partial charge in [0.1, 0.15) is 6.04 Å². The molecule has 3 aromatic rings. The fourth-order valence-corrected chi connectivity index (χ4v) is 3.70. The number of pyridine rings is 1. The van der Waals surface area contributed by atoms with Gasteiger partial charge in [0.25, 0.3) is 5.91 Å². The fraction of sp³-hybridized carbons (Fsp3) is 0.368. The average Bonchev–Trinajstić information content (AvgIpc) is 3.27. The maximum atomic E-state index is 13.1. The first kappa shape index (κ1) is 19.0. The van der Waals surface area contributed by atoms with E-state index in [4.69, 9.17) is 4.74 Å². The summed E-state index contributed by atoms with van der Waals surface area (Å²) in [5.74, 6) is -0.920. The molecule has 0 fully saturated rings. The number of nitrogens with zero attached hydrogens (tertiary/aromatic N) is 3. The van der Waals surface area contributed by atoms with E-state index in [-0.39, 0.29) is 11.8 Å². The Balaban J connectivity index is 2.11. The van der Waals surface area contributed by atoms with Gasteiger partial charge in [0.05, 0.1) is 34.3 Å². The highest BCUT2D eigenvalue weighted by atomic mass is 32.1. The van der Waals surface area contributed by atoms with E-state index in [1.165, 1.54) is 7.11 Å². The Morgan fingerprint density at radius 1 is 1.33 bits per heavy atom. The van der Waals surface area contributed by atoms with Crippen molar-refractivity contribution in [1.82, 2.24) is 20.1 Å². The maximum absolute atomic E-state index is 13.1. The highest BCUT2D eigenvalue weighted by Crippen LogP contribution is 2.29. The van der Waals surface area contributed by atoms with Crippen LogP contribution in [-0.2, 0) is 16.6 Å². The molecule has 3 aromatic heterocycles. The van der Waals surface area contributed by atoms with Crippen molar-refractivity contribution in [3.8, 4) is 10.6 Å². The zero-order chi connectivity index (χ0) is 19.7. The van der Waals surface area contributed by atoms with E-state index in [1.54, 1.807) is 29.1 Å². The van der Waals surface area contributed by atoms with Crippen LogP contribution in [0, 0.1) is 12.8 Å². The van der Waals surface area contributed by atoms with Gasteiger partial charge >= 0.3 is 5.97 Å². The minimum Gasteiger partial charge on any atom is -0.467 e. The Morgan fingerprint density at radius 2 is 2.07 bits per heavy atom. The normalized spacial score (nSPS) is 12.4. The lowest BCUT2D eigenvalue weighted by atomic mass is 10.0. The monoisotopic (exact) mass is 386 g/mol. The number of methoxy groups -OCH3 is 1. The van der Waals surface area contributed by atoms with Gasteiger partial charge in [-0.3, -0.25) is 9.48 Å². The first-order valence-electron chi connectivity index (χ1n) is 8.60. The number of hydrogen-bond acceptors (Lipinski definition) is 6. The van der Waals surface area contributed by atoms with Crippen LogP contribution >= 0.6 is 11.3 Å². The van der Waals surface area contributed by atoms with Crippen LogP contribution in [0.5, 0.6) is 0 Å². The Labute approximate surface area is 161 Å². The molecule has 7 nitrogen and oxygen atoms in total. The van der Waals surface area contributed by atoms with Crippen LogP contribution in [0.15, 0.2) is 23.6 Å². The number of hydrogen-bond donors (Lipinski definition) is 1. The third-order valence-corrected chi connectivity index (χ3v) is 5.29. The van der Waals surface area contributed by atoms with E-state index in [1.807, 2.05) is 38.3 Å². The maximum Gasteiger partial charge on any atom is 0.328 e. The molecule has 8 heteroatoms. The second kappa shape index (κ2) is 7.48. The number of carbonyl (C=O) groups excluding carboxylic acids is 2. The van der Waals surface area contributed by atoms with Crippen LogP contribution in [-0.4, -0.2) is 39.8 Å². The van der Waals surface area contributed by atoms with E-state index in [0.717, 1.165) is 4.88 Å². The van der Waals surface area contributed by atoms with Gasteiger partial charge < -0.3 is 10.1 Å². The van der Waals surface area contributed by atoms with Gasteiger partial charge in [0, 0.05) is 7.05 Å². The standard InChI is InChI=1S/C19H22N4O3S/c1-10(2)16(19(25)26-5)21-18(24)12-9-13(14-7-6-8-27-14)20-17-15(12)11(3)22-23(17)4/h6-10,16H,1-5H3,(H,21,24)/t16-/m0/s1.